The summed E-state index contributed by atoms with van der Waals surface area (Å²) in [7, 11) is 0. The Hall–Kier alpha value is -9.13. The van der Waals surface area contributed by atoms with Gasteiger partial charge in [0.1, 0.15) is 11.2 Å². The van der Waals surface area contributed by atoms with Gasteiger partial charge in [0, 0.05) is 54.7 Å². The van der Waals surface area contributed by atoms with Gasteiger partial charge < -0.3 is 13.6 Å². The standard InChI is InChI=1S/C61H37N5O/c1-3-16-38(17-4-1)39-30-32-40(33-31-39)59-62-60(47-25-15-28-53-58(47)46-24-10-13-27-52(46)65(53)43-20-5-2-6-21-43)64-61(63-59)50-37-57-49(45-23-11-14-29-56(45)67-57)36-55(50)66-51-26-12-9-22-44(51)48-34-41-18-7-8-19-42(41)35-54(48)66/h1-37H. The normalized spacial score (nSPS) is 11.9. The molecule has 0 aliphatic rings. The van der Waals surface area contributed by atoms with E-state index in [0.29, 0.717) is 17.5 Å². The number of rotatable bonds is 6. The Bertz CT molecular complexity index is 4260. The van der Waals surface area contributed by atoms with Crippen LogP contribution in [0.2, 0.25) is 0 Å². The van der Waals surface area contributed by atoms with Crippen LogP contribution in [-0.4, -0.2) is 24.1 Å². The third-order valence-corrected chi connectivity index (χ3v) is 13.4. The van der Waals surface area contributed by atoms with Crippen molar-refractivity contribution in [3.8, 4) is 56.7 Å². The van der Waals surface area contributed by atoms with E-state index in [-0.39, 0.29) is 0 Å². The molecule has 0 aliphatic heterocycles. The SMILES string of the molecule is c1ccc(-c2ccc(-c3nc(-c4cc5oc6ccccc6c5cc4-n4c5ccccc5c5cc6ccccc6cc54)nc(-c4cccc5c4c4ccccc4n5-c4ccccc4)n3)cc2)cc1. The number of furan rings is 1. The molecule has 0 amide bonds. The third-order valence-electron chi connectivity index (χ3n) is 13.4. The quantitative estimate of drug-likeness (QED) is 0.167. The Morgan fingerprint density at radius 1 is 0.313 bits per heavy atom. The monoisotopic (exact) mass is 855 g/mol. The van der Waals surface area contributed by atoms with Gasteiger partial charge in [-0.1, -0.05) is 164 Å². The van der Waals surface area contributed by atoms with Gasteiger partial charge in [0.05, 0.1) is 27.8 Å². The Labute approximate surface area is 384 Å². The number of para-hydroxylation sites is 4. The fraction of sp³-hybridized carbons (Fsp3) is 0. The Morgan fingerprint density at radius 2 is 0.896 bits per heavy atom. The molecule has 0 atom stereocenters. The molecule has 0 saturated heterocycles. The van der Waals surface area contributed by atoms with Gasteiger partial charge in [0.15, 0.2) is 17.5 Å². The zero-order chi connectivity index (χ0) is 44.0. The molecule has 312 valence electrons. The van der Waals surface area contributed by atoms with E-state index in [0.717, 1.165) is 94.0 Å². The maximum atomic E-state index is 6.67. The Kier molecular flexibility index (Phi) is 8.18. The molecule has 10 aromatic carbocycles. The highest BCUT2D eigenvalue weighted by Gasteiger charge is 2.24. The number of aromatic nitrogens is 5. The van der Waals surface area contributed by atoms with Crippen molar-refractivity contribution >= 4 is 76.3 Å². The second-order valence-corrected chi connectivity index (χ2v) is 17.2. The van der Waals surface area contributed by atoms with E-state index < -0.39 is 0 Å². The number of hydrogen-bond acceptors (Lipinski definition) is 4. The molecule has 0 bridgehead atoms. The van der Waals surface area contributed by atoms with E-state index >= 15 is 0 Å². The van der Waals surface area contributed by atoms with Gasteiger partial charge in [0.2, 0.25) is 0 Å². The van der Waals surface area contributed by atoms with E-state index in [1.807, 2.05) is 18.2 Å². The van der Waals surface area contributed by atoms with E-state index in [4.69, 9.17) is 19.4 Å². The lowest BCUT2D eigenvalue weighted by Crippen LogP contribution is -2.04. The Morgan fingerprint density at radius 3 is 1.69 bits per heavy atom. The first-order valence-corrected chi connectivity index (χ1v) is 22.6. The third kappa shape index (κ3) is 5.86. The van der Waals surface area contributed by atoms with Gasteiger partial charge in [-0.05, 0) is 82.6 Å². The predicted molar refractivity (Wildman–Crippen MR) is 275 cm³/mol. The van der Waals surface area contributed by atoms with Crippen molar-refractivity contribution in [3.63, 3.8) is 0 Å². The molecular weight excluding hydrogens is 819 g/mol. The topological polar surface area (TPSA) is 61.7 Å². The minimum Gasteiger partial charge on any atom is -0.456 e. The summed E-state index contributed by atoms with van der Waals surface area (Å²) in [6.45, 7) is 0. The van der Waals surface area contributed by atoms with Crippen LogP contribution in [0.15, 0.2) is 229 Å². The number of benzene rings is 10. The first-order valence-electron chi connectivity index (χ1n) is 22.6. The van der Waals surface area contributed by atoms with E-state index in [1.165, 1.54) is 21.5 Å². The van der Waals surface area contributed by atoms with Gasteiger partial charge in [-0.25, -0.2) is 15.0 Å². The molecular formula is C61H37N5O. The van der Waals surface area contributed by atoms with Crippen LogP contribution in [0.5, 0.6) is 0 Å². The largest absolute Gasteiger partial charge is 0.456 e. The molecule has 14 aromatic rings. The van der Waals surface area contributed by atoms with Gasteiger partial charge in [-0.2, -0.15) is 0 Å². The second kappa shape index (κ2) is 14.7. The zero-order valence-electron chi connectivity index (χ0n) is 36.0. The highest BCUT2D eigenvalue weighted by Crippen LogP contribution is 2.43. The number of nitrogens with zero attached hydrogens (tertiary/aromatic N) is 5. The number of fused-ring (bicyclic) bond motifs is 10. The predicted octanol–water partition coefficient (Wildman–Crippen LogP) is 15.8. The van der Waals surface area contributed by atoms with Crippen molar-refractivity contribution in [2.45, 2.75) is 0 Å². The van der Waals surface area contributed by atoms with E-state index in [1.54, 1.807) is 0 Å². The van der Waals surface area contributed by atoms with Crippen molar-refractivity contribution in [1.29, 1.82) is 0 Å². The van der Waals surface area contributed by atoms with Crippen LogP contribution in [0.3, 0.4) is 0 Å². The average molecular weight is 856 g/mol. The maximum Gasteiger partial charge on any atom is 0.166 e. The van der Waals surface area contributed by atoms with Crippen molar-refractivity contribution in [3.05, 3.63) is 224 Å². The van der Waals surface area contributed by atoms with Crippen molar-refractivity contribution in [2.75, 3.05) is 0 Å². The molecule has 0 radical (unpaired) electrons. The van der Waals surface area contributed by atoms with Gasteiger partial charge in [0.25, 0.3) is 0 Å². The van der Waals surface area contributed by atoms with Crippen LogP contribution in [0.25, 0.3) is 133 Å². The molecule has 0 aliphatic carbocycles. The molecule has 6 nitrogen and oxygen atoms in total. The molecule has 14 rings (SSSR count). The van der Waals surface area contributed by atoms with Crippen LogP contribution < -0.4 is 0 Å². The van der Waals surface area contributed by atoms with Crippen molar-refractivity contribution < 1.29 is 4.42 Å². The first kappa shape index (κ1) is 37.3. The lowest BCUT2D eigenvalue weighted by molar-refractivity contribution is 0.669. The van der Waals surface area contributed by atoms with E-state index in [9.17, 15) is 0 Å². The molecule has 6 heteroatoms. The minimum atomic E-state index is 0.542. The molecule has 0 unspecified atom stereocenters. The smallest absolute Gasteiger partial charge is 0.166 e. The molecule has 4 aromatic heterocycles. The summed E-state index contributed by atoms with van der Waals surface area (Å²) in [5.74, 6) is 1.70. The molecule has 0 N–H and O–H groups in total. The molecule has 4 heterocycles. The molecule has 0 saturated carbocycles. The highest BCUT2D eigenvalue weighted by atomic mass is 16.3. The summed E-state index contributed by atoms with van der Waals surface area (Å²) >= 11 is 0. The summed E-state index contributed by atoms with van der Waals surface area (Å²) in [5, 5.41) is 8.97. The van der Waals surface area contributed by atoms with Gasteiger partial charge in [-0.3, -0.25) is 0 Å². The average Bonchev–Trinajstić information content (AvgIpc) is 4.05. The zero-order valence-corrected chi connectivity index (χ0v) is 36.0. The van der Waals surface area contributed by atoms with Crippen molar-refractivity contribution in [2.24, 2.45) is 0 Å². The second-order valence-electron chi connectivity index (χ2n) is 17.2. The molecule has 0 fully saturated rings. The van der Waals surface area contributed by atoms with Gasteiger partial charge in [-0.15, -0.1) is 0 Å². The van der Waals surface area contributed by atoms with Crippen LogP contribution >= 0.6 is 0 Å². The molecule has 0 spiro atoms. The lowest BCUT2D eigenvalue weighted by atomic mass is 10.0. The highest BCUT2D eigenvalue weighted by molar-refractivity contribution is 6.17. The van der Waals surface area contributed by atoms with Crippen LogP contribution in [0.4, 0.5) is 0 Å². The summed E-state index contributed by atoms with van der Waals surface area (Å²) in [6.07, 6.45) is 0. The minimum absolute atomic E-state index is 0.542. The molecule has 67 heavy (non-hydrogen) atoms. The fourth-order valence-electron chi connectivity index (χ4n) is 10.3. The maximum absolute atomic E-state index is 6.67. The van der Waals surface area contributed by atoms with Crippen LogP contribution in [0.1, 0.15) is 0 Å². The van der Waals surface area contributed by atoms with Gasteiger partial charge >= 0.3 is 0 Å². The summed E-state index contributed by atoms with van der Waals surface area (Å²) < 4.78 is 11.4. The first-order chi connectivity index (χ1) is 33.2. The van der Waals surface area contributed by atoms with E-state index in [2.05, 4.69) is 215 Å². The van der Waals surface area contributed by atoms with Crippen molar-refractivity contribution in [1.82, 2.24) is 24.1 Å². The number of hydrogen-bond donors (Lipinski definition) is 0. The van der Waals surface area contributed by atoms with Crippen LogP contribution in [0, 0.1) is 0 Å². The van der Waals surface area contributed by atoms with Crippen LogP contribution in [-0.2, 0) is 0 Å². The lowest BCUT2D eigenvalue weighted by Gasteiger charge is -2.16. The fourth-order valence-corrected chi connectivity index (χ4v) is 10.3. The summed E-state index contributed by atoms with van der Waals surface area (Å²) in [5.41, 5.74) is 12.9. The Balaban J connectivity index is 1.09. The summed E-state index contributed by atoms with van der Waals surface area (Å²) in [6, 6.07) is 79.1. The summed E-state index contributed by atoms with van der Waals surface area (Å²) in [4.78, 5) is 16.4.